The van der Waals surface area contributed by atoms with Gasteiger partial charge < -0.3 is 9.64 Å². The van der Waals surface area contributed by atoms with Crippen molar-refractivity contribution < 1.29 is 32.3 Å². The largest absolute Gasteiger partial charge is 0.459 e. The van der Waals surface area contributed by atoms with E-state index >= 15 is 0 Å². The minimum absolute atomic E-state index is 0.0381. The Morgan fingerprint density at radius 1 is 1.29 bits per heavy atom. The van der Waals surface area contributed by atoms with Gasteiger partial charge >= 0.3 is 18.1 Å². The average Bonchev–Trinajstić information content (AvgIpc) is 2.23. The summed E-state index contributed by atoms with van der Waals surface area (Å²) in [5.41, 5.74) is 0. The van der Waals surface area contributed by atoms with Crippen molar-refractivity contribution in [1.29, 1.82) is 0 Å². The second kappa shape index (κ2) is 6.02. The highest BCUT2D eigenvalue weighted by molar-refractivity contribution is 6.32. The van der Waals surface area contributed by atoms with Crippen molar-refractivity contribution in [3.05, 3.63) is 12.3 Å². The Bertz CT molecular complexity index is 349. The monoisotopic (exact) mass is 253 g/mol. The fourth-order valence-electron chi connectivity index (χ4n) is 0.679. The van der Waals surface area contributed by atoms with Crippen LogP contribution >= 0.6 is 0 Å². The summed E-state index contributed by atoms with van der Waals surface area (Å²) in [5.74, 6) is -4.50. The first-order valence-electron chi connectivity index (χ1n) is 4.43. The Balaban J connectivity index is 4.50. The molecule has 0 rings (SSSR count). The topological polar surface area (TPSA) is 63.7 Å². The predicted molar refractivity (Wildman–Crippen MR) is 49.6 cm³/mol. The van der Waals surface area contributed by atoms with Gasteiger partial charge in [-0.25, -0.2) is 4.79 Å². The van der Waals surface area contributed by atoms with Crippen LogP contribution in [0.15, 0.2) is 12.3 Å². The van der Waals surface area contributed by atoms with Gasteiger partial charge in [0, 0.05) is 19.3 Å². The van der Waals surface area contributed by atoms with E-state index in [0.29, 0.717) is 11.1 Å². The third-order valence-electron chi connectivity index (χ3n) is 1.50. The van der Waals surface area contributed by atoms with E-state index in [4.69, 9.17) is 0 Å². The van der Waals surface area contributed by atoms with Crippen LogP contribution in [-0.4, -0.2) is 42.4 Å². The highest BCUT2D eigenvalue weighted by atomic mass is 19.4. The van der Waals surface area contributed by atoms with Crippen LogP contribution in [0.1, 0.15) is 6.92 Å². The molecule has 0 atom stereocenters. The van der Waals surface area contributed by atoms with Gasteiger partial charge in [-0.1, -0.05) is 0 Å². The van der Waals surface area contributed by atoms with Crippen LogP contribution in [-0.2, 0) is 19.1 Å². The van der Waals surface area contributed by atoms with E-state index in [1.165, 1.54) is 6.92 Å². The van der Waals surface area contributed by atoms with Gasteiger partial charge in [0.05, 0.1) is 6.61 Å². The van der Waals surface area contributed by atoms with Gasteiger partial charge in [0.25, 0.3) is 5.78 Å². The number of esters is 1. The Hall–Kier alpha value is -1.86. The lowest BCUT2D eigenvalue weighted by atomic mass is 10.3. The summed E-state index contributed by atoms with van der Waals surface area (Å²) in [6, 6.07) is 0. The molecule has 0 aliphatic carbocycles. The number of allylic oxidation sites excluding steroid dienone is 1. The molecule has 0 aliphatic rings. The lowest BCUT2D eigenvalue weighted by molar-refractivity contribution is -0.165. The third kappa shape index (κ3) is 5.14. The number of nitrogens with zero attached hydrogens (tertiary/aromatic N) is 1. The molecule has 0 N–H and O–H groups in total. The minimum atomic E-state index is -5.01. The van der Waals surface area contributed by atoms with Gasteiger partial charge in [0.15, 0.2) is 0 Å². The van der Waals surface area contributed by atoms with Crippen LogP contribution in [0.3, 0.4) is 0 Å². The maximum absolute atomic E-state index is 11.8. The molecular weight excluding hydrogens is 243 g/mol. The van der Waals surface area contributed by atoms with E-state index in [9.17, 15) is 27.6 Å². The fraction of sp³-hybridized carbons (Fsp3) is 0.444. The smallest absolute Gasteiger partial charge is 0.454 e. The molecule has 0 aliphatic heterocycles. The SMILES string of the molecule is CCOC(=O)C(=O)N(C)/C=C/C(=O)C(F)(F)F. The summed E-state index contributed by atoms with van der Waals surface area (Å²) in [6.07, 6.45) is -4.31. The van der Waals surface area contributed by atoms with Crippen molar-refractivity contribution >= 4 is 17.7 Å². The van der Waals surface area contributed by atoms with Crippen molar-refractivity contribution in [1.82, 2.24) is 4.90 Å². The molecule has 17 heavy (non-hydrogen) atoms. The summed E-state index contributed by atoms with van der Waals surface area (Å²) >= 11 is 0. The summed E-state index contributed by atoms with van der Waals surface area (Å²) in [4.78, 5) is 32.9. The molecule has 0 saturated heterocycles. The number of ether oxygens (including phenoxy) is 1. The fourth-order valence-corrected chi connectivity index (χ4v) is 0.679. The first kappa shape index (κ1) is 15.1. The zero-order valence-electron chi connectivity index (χ0n) is 9.08. The molecule has 0 aromatic carbocycles. The maximum Gasteiger partial charge on any atom is 0.454 e. The molecule has 8 heteroatoms. The van der Waals surface area contributed by atoms with Gasteiger partial charge in [-0.15, -0.1) is 0 Å². The molecule has 0 unspecified atom stereocenters. The second-order valence-corrected chi connectivity index (χ2v) is 2.81. The van der Waals surface area contributed by atoms with Gasteiger partial charge in [0.1, 0.15) is 0 Å². The van der Waals surface area contributed by atoms with Crippen LogP contribution in [0.4, 0.5) is 13.2 Å². The molecule has 0 radical (unpaired) electrons. The molecule has 0 aromatic heterocycles. The number of rotatable bonds is 3. The molecule has 0 spiro atoms. The summed E-state index contributed by atoms with van der Waals surface area (Å²) in [6.45, 7) is 1.43. The van der Waals surface area contributed by atoms with Crippen LogP contribution in [0, 0.1) is 0 Å². The molecule has 0 aromatic rings. The number of halogens is 3. The third-order valence-corrected chi connectivity index (χ3v) is 1.50. The van der Waals surface area contributed by atoms with E-state index in [1.54, 1.807) is 0 Å². The van der Waals surface area contributed by atoms with Crippen molar-refractivity contribution in [2.24, 2.45) is 0 Å². The Kier molecular flexibility index (Phi) is 5.36. The number of alkyl halides is 3. The molecule has 96 valence electrons. The molecule has 0 fully saturated rings. The summed E-state index contributed by atoms with van der Waals surface area (Å²) < 4.78 is 39.7. The number of amides is 1. The first-order valence-corrected chi connectivity index (χ1v) is 4.43. The standard InChI is InChI=1S/C9H10F3NO4/c1-3-17-8(16)7(15)13(2)5-4-6(14)9(10,11)12/h4-5H,3H2,1-2H3/b5-4+. The number of carbonyl (C=O) groups is 3. The van der Waals surface area contributed by atoms with Crippen LogP contribution in [0.25, 0.3) is 0 Å². The maximum atomic E-state index is 11.8. The first-order chi connectivity index (χ1) is 7.70. The van der Waals surface area contributed by atoms with E-state index in [0.717, 1.165) is 7.05 Å². The predicted octanol–water partition coefficient (Wildman–Crippen LogP) is 0.653. The Labute approximate surface area is 94.8 Å². The second-order valence-electron chi connectivity index (χ2n) is 2.81. The van der Waals surface area contributed by atoms with Crippen molar-refractivity contribution in [3.8, 4) is 0 Å². The van der Waals surface area contributed by atoms with Gasteiger partial charge in [-0.05, 0) is 6.92 Å². The Morgan fingerprint density at radius 3 is 2.24 bits per heavy atom. The van der Waals surface area contributed by atoms with Gasteiger partial charge in [-0.2, -0.15) is 13.2 Å². The number of hydrogen-bond acceptors (Lipinski definition) is 4. The van der Waals surface area contributed by atoms with Crippen LogP contribution < -0.4 is 0 Å². The zero-order valence-corrected chi connectivity index (χ0v) is 9.08. The van der Waals surface area contributed by atoms with Gasteiger partial charge in [0.2, 0.25) is 0 Å². The van der Waals surface area contributed by atoms with Crippen LogP contribution in [0.2, 0.25) is 0 Å². The molecule has 5 nitrogen and oxygen atoms in total. The normalized spacial score (nSPS) is 11.4. The van der Waals surface area contributed by atoms with Crippen molar-refractivity contribution in [2.75, 3.05) is 13.7 Å². The van der Waals surface area contributed by atoms with Crippen molar-refractivity contribution in [2.45, 2.75) is 13.1 Å². The van der Waals surface area contributed by atoms with E-state index in [1.807, 2.05) is 0 Å². The summed E-state index contributed by atoms with van der Waals surface area (Å²) in [5, 5.41) is 0. The average molecular weight is 253 g/mol. The highest BCUT2D eigenvalue weighted by Gasteiger charge is 2.36. The van der Waals surface area contributed by atoms with Gasteiger partial charge in [-0.3, -0.25) is 9.59 Å². The summed E-state index contributed by atoms with van der Waals surface area (Å²) in [7, 11) is 1.03. The zero-order chi connectivity index (χ0) is 13.6. The van der Waals surface area contributed by atoms with E-state index < -0.39 is 23.8 Å². The van der Waals surface area contributed by atoms with Crippen molar-refractivity contribution in [3.63, 3.8) is 0 Å². The minimum Gasteiger partial charge on any atom is -0.459 e. The quantitative estimate of drug-likeness (QED) is 0.421. The van der Waals surface area contributed by atoms with E-state index in [-0.39, 0.29) is 12.7 Å². The lowest BCUT2D eigenvalue weighted by Gasteiger charge is -2.10. The number of hydrogen-bond donors (Lipinski definition) is 0. The Morgan fingerprint density at radius 2 is 1.82 bits per heavy atom. The molecule has 0 heterocycles. The lowest BCUT2D eigenvalue weighted by Crippen LogP contribution is -2.31. The molecule has 1 amide bonds. The van der Waals surface area contributed by atoms with Crippen LogP contribution in [0.5, 0.6) is 0 Å². The number of carbonyl (C=O) groups excluding carboxylic acids is 3. The highest BCUT2D eigenvalue weighted by Crippen LogP contribution is 2.16. The van der Waals surface area contributed by atoms with E-state index in [2.05, 4.69) is 4.74 Å². The number of likely N-dealkylation sites (N-methyl/N-ethyl adjacent to an activating group) is 1. The number of ketones is 1. The molecule has 0 saturated carbocycles. The molecule has 0 bridgehead atoms. The molecular formula is C9H10F3NO4.